The molecule has 1 aromatic carbocycles. The van der Waals surface area contributed by atoms with Crippen molar-refractivity contribution in [1.82, 2.24) is 5.32 Å². The summed E-state index contributed by atoms with van der Waals surface area (Å²) in [6.45, 7) is 4.75. The summed E-state index contributed by atoms with van der Waals surface area (Å²) in [6.07, 6.45) is 8.19. The Kier molecular flexibility index (Phi) is 5.73. The van der Waals surface area contributed by atoms with E-state index in [4.69, 9.17) is 0 Å². The molecule has 4 fully saturated rings. The summed E-state index contributed by atoms with van der Waals surface area (Å²) in [4.78, 5) is 24.7. The van der Waals surface area contributed by atoms with Gasteiger partial charge >= 0.3 is 0 Å². The van der Waals surface area contributed by atoms with Crippen molar-refractivity contribution in [2.45, 2.75) is 57.6 Å². The van der Waals surface area contributed by atoms with Crippen molar-refractivity contribution in [2.75, 3.05) is 17.6 Å². The molecule has 4 bridgehead atoms. The number of hydrogen-bond acceptors (Lipinski definition) is 3. The normalized spacial score (nSPS) is 31.4. The lowest BCUT2D eigenvalue weighted by Crippen LogP contribution is -2.51. The zero-order valence-electron chi connectivity index (χ0n) is 17.0. The predicted octanol–water partition coefficient (Wildman–Crippen LogP) is 4.39. The summed E-state index contributed by atoms with van der Waals surface area (Å²) in [7, 11) is 0. The standard InChI is InChI=1S/C23H32N2O2S/c1-15-3-5-20(6-4-15)25-21(26)13-28-16(2)22(27)24-14-23-10-17-7-18(11-23)9-19(8-17)12-23/h3-6,16-19H,7-14H2,1-2H3,(H,24,27)(H,25,26)/t16-,17?,18?,19?,23?/m0/s1. The minimum absolute atomic E-state index is 0.0606. The second-order valence-electron chi connectivity index (χ2n) is 9.50. The number of anilines is 1. The van der Waals surface area contributed by atoms with Gasteiger partial charge in [0.15, 0.2) is 0 Å². The molecular weight excluding hydrogens is 368 g/mol. The van der Waals surface area contributed by atoms with Crippen molar-refractivity contribution in [3.05, 3.63) is 29.8 Å². The third kappa shape index (κ3) is 4.56. The minimum Gasteiger partial charge on any atom is -0.355 e. The molecule has 4 aliphatic carbocycles. The fourth-order valence-electron chi connectivity index (χ4n) is 6.04. The molecule has 0 unspecified atom stereocenters. The molecule has 152 valence electrons. The van der Waals surface area contributed by atoms with Gasteiger partial charge in [0.1, 0.15) is 0 Å². The highest BCUT2D eigenvalue weighted by molar-refractivity contribution is 8.01. The van der Waals surface area contributed by atoms with Crippen LogP contribution in [0.4, 0.5) is 5.69 Å². The van der Waals surface area contributed by atoms with Gasteiger partial charge in [-0.15, -0.1) is 11.8 Å². The maximum atomic E-state index is 12.6. The highest BCUT2D eigenvalue weighted by atomic mass is 32.2. The van der Waals surface area contributed by atoms with E-state index in [0.29, 0.717) is 11.2 Å². The lowest BCUT2D eigenvalue weighted by molar-refractivity contribution is -0.122. The van der Waals surface area contributed by atoms with Gasteiger partial charge in [-0.2, -0.15) is 0 Å². The van der Waals surface area contributed by atoms with Crippen LogP contribution in [0.2, 0.25) is 0 Å². The first-order chi connectivity index (χ1) is 13.4. The zero-order chi connectivity index (χ0) is 19.7. The summed E-state index contributed by atoms with van der Waals surface area (Å²) in [5, 5.41) is 5.91. The van der Waals surface area contributed by atoms with Crippen LogP contribution < -0.4 is 10.6 Å². The number of aryl methyl sites for hydroxylation is 1. The lowest BCUT2D eigenvalue weighted by Gasteiger charge is -2.57. The first-order valence-electron chi connectivity index (χ1n) is 10.7. The highest BCUT2D eigenvalue weighted by Crippen LogP contribution is 2.59. The molecule has 0 aliphatic heterocycles. The summed E-state index contributed by atoms with van der Waals surface area (Å²) >= 11 is 1.41. The molecule has 4 nitrogen and oxygen atoms in total. The van der Waals surface area contributed by atoms with Gasteiger partial charge in [0.05, 0.1) is 11.0 Å². The maximum Gasteiger partial charge on any atom is 0.234 e. The Labute approximate surface area is 172 Å². The Morgan fingerprint density at radius 3 is 2.21 bits per heavy atom. The Morgan fingerprint density at radius 1 is 1.07 bits per heavy atom. The molecule has 2 amide bonds. The molecule has 5 heteroatoms. The van der Waals surface area contributed by atoms with Crippen LogP contribution in [0.3, 0.4) is 0 Å². The van der Waals surface area contributed by atoms with E-state index >= 15 is 0 Å². The summed E-state index contributed by atoms with van der Waals surface area (Å²) in [5.74, 6) is 3.01. The van der Waals surface area contributed by atoms with Crippen molar-refractivity contribution >= 4 is 29.3 Å². The Hall–Kier alpha value is -1.49. The molecule has 0 saturated heterocycles. The van der Waals surface area contributed by atoms with Crippen molar-refractivity contribution < 1.29 is 9.59 Å². The Bertz CT molecular complexity index is 695. The molecule has 0 radical (unpaired) electrons. The molecule has 0 aromatic heterocycles. The quantitative estimate of drug-likeness (QED) is 0.714. The molecule has 0 heterocycles. The third-order valence-electron chi connectivity index (χ3n) is 6.97. The number of nitrogens with one attached hydrogen (secondary N) is 2. The van der Waals surface area contributed by atoms with E-state index in [1.54, 1.807) is 0 Å². The first-order valence-corrected chi connectivity index (χ1v) is 11.7. The van der Waals surface area contributed by atoms with Crippen LogP contribution in [0.25, 0.3) is 0 Å². The third-order valence-corrected chi connectivity index (χ3v) is 8.11. The van der Waals surface area contributed by atoms with Crippen LogP contribution >= 0.6 is 11.8 Å². The molecule has 5 rings (SSSR count). The molecular formula is C23H32N2O2S. The van der Waals surface area contributed by atoms with Gasteiger partial charge in [-0.3, -0.25) is 9.59 Å². The zero-order valence-corrected chi connectivity index (χ0v) is 17.8. The average Bonchev–Trinajstić information content (AvgIpc) is 2.65. The van der Waals surface area contributed by atoms with E-state index in [-0.39, 0.29) is 17.1 Å². The highest BCUT2D eigenvalue weighted by Gasteiger charge is 2.50. The molecule has 1 aromatic rings. The number of hydrogen-bond donors (Lipinski definition) is 2. The summed E-state index contributed by atoms with van der Waals surface area (Å²) in [6, 6.07) is 7.76. The molecule has 0 spiro atoms. The number of benzene rings is 1. The van der Waals surface area contributed by atoms with E-state index < -0.39 is 0 Å². The van der Waals surface area contributed by atoms with E-state index in [2.05, 4.69) is 10.6 Å². The smallest absolute Gasteiger partial charge is 0.234 e. The van der Waals surface area contributed by atoms with Gasteiger partial charge < -0.3 is 10.6 Å². The minimum atomic E-state index is -0.210. The van der Waals surface area contributed by atoms with Crippen LogP contribution in [0.1, 0.15) is 51.0 Å². The van der Waals surface area contributed by atoms with Crippen molar-refractivity contribution in [3.63, 3.8) is 0 Å². The fraction of sp³-hybridized carbons (Fsp3) is 0.652. The van der Waals surface area contributed by atoms with Gasteiger partial charge in [-0.05, 0) is 87.7 Å². The number of carbonyl (C=O) groups excluding carboxylic acids is 2. The Balaban J connectivity index is 1.21. The largest absolute Gasteiger partial charge is 0.355 e. The molecule has 1 atom stereocenters. The molecule has 28 heavy (non-hydrogen) atoms. The lowest BCUT2D eigenvalue weighted by atomic mass is 9.49. The van der Waals surface area contributed by atoms with E-state index in [1.165, 1.54) is 50.3 Å². The molecule has 2 N–H and O–H groups in total. The van der Waals surface area contributed by atoms with Crippen molar-refractivity contribution in [1.29, 1.82) is 0 Å². The van der Waals surface area contributed by atoms with E-state index in [0.717, 1.165) is 35.5 Å². The van der Waals surface area contributed by atoms with Crippen LogP contribution in [0.5, 0.6) is 0 Å². The van der Waals surface area contributed by atoms with Gasteiger partial charge in [-0.25, -0.2) is 0 Å². The van der Waals surface area contributed by atoms with Crippen LogP contribution in [0.15, 0.2) is 24.3 Å². The molecule has 4 saturated carbocycles. The first kappa shape index (κ1) is 19.8. The number of carbonyl (C=O) groups is 2. The fourth-order valence-corrected chi connectivity index (χ4v) is 6.74. The Morgan fingerprint density at radius 2 is 1.64 bits per heavy atom. The predicted molar refractivity (Wildman–Crippen MR) is 115 cm³/mol. The van der Waals surface area contributed by atoms with Crippen molar-refractivity contribution in [2.24, 2.45) is 23.2 Å². The van der Waals surface area contributed by atoms with Crippen LogP contribution in [-0.4, -0.2) is 29.4 Å². The topological polar surface area (TPSA) is 58.2 Å². The van der Waals surface area contributed by atoms with Gasteiger partial charge in [0.25, 0.3) is 0 Å². The maximum absolute atomic E-state index is 12.6. The number of thioether (sulfide) groups is 1. The second-order valence-corrected chi connectivity index (χ2v) is 10.8. The summed E-state index contributed by atoms with van der Waals surface area (Å²) in [5.41, 5.74) is 2.32. The monoisotopic (exact) mass is 400 g/mol. The van der Waals surface area contributed by atoms with Gasteiger partial charge in [0, 0.05) is 12.2 Å². The summed E-state index contributed by atoms with van der Waals surface area (Å²) < 4.78 is 0. The van der Waals surface area contributed by atoms with Crippen LogP contribution in [0, 0.1) is 30.1 Å². The van der Waals surface area contributed by atoms with E-state index in [1.807, 2.05) is 38.1 Å². The SMILES string of the molecule is Cc1ccc(NC(=O)CS[C@@H](C)C(=O)NCC23CC4CC(CC(C4)C2)C3)cc1. The van der Waals surface area contributed by atoms with E-state index in [9.17, 15) is 9.59 Å². The average molecular weight is 401 g/mol. The van der Waals surface area contributed by atoms with Crippen molar-refractivity contribution in [3.8, 4) is 0 Å². The number of amides is 2. The van der Waals surface area contributed by atoms with Gasteiger partial charge in [0.2, 0.25) is 11.8 Å². The molecule has 4 aliphatic rings. The van der Waals surface area contributed by atoms with Crippen LogP contribution in [-0.2, 0) is 9.59 Å². The number of rotatable bonds is 7. The second kappa shape index (κ2) is 8.10. The van der Waals surface area contributed by atoms with Gasteiger partial charge in [-0.1, -0.05) is 17.7 Å².